The first-order valence-corrected chi connectivity index (χ1v) is 9.79. The summed E-state index contributed by atoms with van der Waals surface area (Å²) in [5, 5.41) is 14.9. The molecule has 130 valence electrons. The highest BCUT2D eigenvalue weighted by molar-refractivity contribution is 9.10. The minimum Gasteiger partial charge on any atom is -0.389 e. The van der Waals surface area contributed by atoms with Gasteiger partial charge in [-0.25, -0.2) is 0 Å². The Morgan fingerprint density at radius 1 is 1.22 bits per heavy atom. The van der Waals surface area contributed by atoms with Crippen LogP contribution in [0.1, 0.15) is 51.0 Å². The van der Waals surface area contributed by atoms with Crippen LogP contribution in [0.2, 0.25) is 0 Å². The van der Waals surface area contributed by atoms with Crippen molar-refractivity contribution in [1.82, 2.24) is 10.2 Å². The molecular weight excluding hydrogens is 352 g/mol. The quantitative estimate of drug-likeness (QED) is 0.718. The normalized spacial score (nSPS) is 18.1. The maximum atomic E-state index is 11.5. The summed E-state index contributed by atoms with van der Waals surface area (Å²) in [5.41, 5.74) is 0.636. The van der Waals surface area contributed by atoms with Crippen molar-refractivity contribution in [1.29, 1.82) is 0 Å². The molecule has 1 aromatic carbocycles. The molecule has 1 atom stereocenters. The number of nitrogens with zero attached hydrogens (tertiary/aromatic N) is 1. The van der Waals surface area contributed by atoms with Gasteiger partial charge < -0.3 is 15.3 Å². The first kappa shape index (κ1) is 18.9. The van der Waals surface area contributed by atoms with Gasteiger partial charge in [0, 0.05) is 43.1 Å². The molecule has 1 unspecified atom stereocenters. The van der Waals surface area contributed by atoms with Crippen molar-refractivity contribution in [3.05, 3.63) is 34.3 Å². The topological polar surface area (TPSA) is 35.5 Å². The van der Waals surface area contributed by atoms with E-state index in [-0.39, 0.29) is 5.92 Å². The standard InChI is InChI=1S/C19H31BrN2O/c1-3-8-19(23,9-4-2)18(15-22-12-10-21-11-13-22)16-6-5-7-17(20)14-16/h5-7,14,18,21,23H,3-4,8-13,15H2,1-2H3. The molecule has 1 aliphatic rings. The van der Waals surface area contributed by atoms with Crippen molar-refractivity contribution in [2.75, 3.05) is 32.7 Å². The van der Waals surface area contributed by atoms with Crippen LogP contribution in [0.15, 0.2) is 28.7 Å². The molecular formula is C19H31BrN2O. The summed E-state index contributed by atoms with van der Waals surface area (Å²) in [7, 11) is 0. The molecule has 1 aromatic rings. The van der Waals surface area contributed by atoms with Crippen LogP contribution in [-0.2, 0) is 0 Å². The monoisotopic (exact) mass is 382 g/mol. The van der Waals surface area contributed by atoms with Crippen LogP contribution in [0.25, 0.3) is 0 Å². The molecule has 0 aromatic heterocycles. The SMILES string of the molecule is CCCC(O)(CCC)C(CN1CCNCC1)c1cccc(Br)c1. The zero-order chi connectivity index (χ0) is 16.7. The molecule has 23 heavy (non-hydrogen) atoms. The van der Waals surface area contributed by atoms with E-state index in [4.69, 9.17) is 0 Å². The Labute approximate surface area is 149 Å². The number of hydrogen-bond acceptors (Lipinski definition) is 3. The van der Waals surface area contributed by atoms with Crippen molar-refractivity contribution >= 4 is 15.9 Å². The first-order chi connectivity index (χ1) is 11.1. The van der Waals surface area contributed by atoms with Crippen molar-refractivity contribution in [2.24, 2.45) is 0 Å². The van der Waals surface area contributed by atoms with Gasteiger partial charge in [0.15, 0.2) is 0 Å². The number of hydrogen-bond donors (Lipinski definition) is 2. The van der Waals surface area contributed by atoms with Crippen LogP contribution in [0.3, 0.4) is 0 Å². The predicted molar refractivity (Wildman–Crippen MR) is 101 cm³/mol. The van der Waals surface area contributed by atoms with Gasteiger partial charge in [-0.1, -0.05) is 54.8 Å². The van der Waals surface area contributed by atoms with Crippen LogP contribution < -0.4 is 5.32 Å². The minimum absolute atomic E-state index is 0.165. The lowest BCUT2D eigenvalue weighted by molar-refractivity contribution is -0.0174. The van der Waals surface area contributed by atoms with Gasteiger partial charge in [-0.15, -0.1) is 0 Å². The third-order valence-electron chi connectivity index (χ3n) is 4.92. The van der Waals surface area contributed by atoms with Gasteiger partial charge in [-0.3, -0.25) is 0 Å². The third kappa shape index (κ3) is 5.28. The lowest BCUT2D eigenvalue weighted by Gasteiger charge is -2.40. The Bertz CT molecular complexity index is 468. The first-order valence-electron chi connectivity index (χ1n) is 9.00. The summed E-state index contributed by atoms with van der Waals surface area (Å²) in [6.45, 7) is 9.51. The summed E-state index contributed by atoms with van der Waals surface area (Å²) in [6, 6.07) is 8.50. The zero-order valence-corrected chi connectivity index (χ0v) is 16.1. The molecule has 3 nitrogen and oxygen atoms in total. The lowest BCUT2D eigenvalue weighted by Crippen LogP contribution is -2.49. The highest BCUT2D eigenvalue weighted by Gasteiger charge is 2.37. The van der Waals surface area contributed by atoms with Gasteiger partial charge in [-0.05, 0) is 30.5 Å². The van der Waals surface area contributed by atoms with Gasteiger partial charge in [-0.2, -0.15) is 0 Å². The van der Waals surface area contributed by atoms with E-state index in [9.17, 15) is 5.11 Å². The molecule has 0 aliphatic carbocycles. The van der Waals surface area contributed by atoms with E-state index in [1.54, 1.807) is 0 Å². The number of piperazine rings is 1. The Hall–Kier alpha value is -0.420. The Balaban J connectivity index is 2.28. The number of halogens is 1. The number of nitrogens with one attached hydrogen (secondary N) is 1. The molecule has 2 rings (SSSR count). The molecule has 0 radical (unpaired) electrons. The highest BCUT2D eigenvalue weighted by Crippen LogP contribution is 2.37. The fourth-order valence-corrected chi connectivity index (χ4v) is 4.22. The van der Waals surface area contributed by atoms with Crippen molar-refractivity contribution in [3.63, 3.8) is 0 Å². The van der Waals surface area contributed by atoms with Crippen LogP contribution in [-0.4, -0.2) is 48.3 Å². The summed E-state index contributed by atoms with van der Waals surface area (Å²) in [5.74, 6) is 0.165. The largest absolute Gasteiger partial charge is 0.389 e. The molecule has 1 saturated heterocycles. The second kappa shape index (κ2) is 9.16. The Kier molecular flexibility index (Phi) is 7.54. The maximum absolute atomic E-state index is 11.5. The van der Waals surface area contributed by atoms with Gasteiger partial charge in [0.1, 0.15) is 0 Å². The van der Waals surface area contributed by atoms with Gasteiger partial charge in [0.05, 0.1) is 5.60 Å². The molecule has 4 heteroatoms. The van der Waals surface area contributed by atoms with Crippen LogP contribution in [0.4, 0.5) is 0 Å². The average Bonchev–Trinajstić information content (AvgIpc) is 2.54. The smallest absolute Gasteiger partial charge is 0.0728 e. The van der Waals surface area contributed by atoms with Crippen molar-refractivity contribution in [3.8, 4) is 0 Å². The molecule has 0 amide bonds. The Morgan fingerprint density at radius 3 is 2.43 bits per heavy atom. The zero-order valence-electron chi connectivity index (χ0n) is 14.5. The van der Waals surface area contributed by atoms with E-state index in [2.05, 4.69) is 64.3 Å². The number of aliphatic hydroxyl groups is 1. The van der Waals surface area contributed by atoms with E-state index < -0.39 is 5.60 Å². The third-order valence-corrected chi connectivity index (χ3v) is 5.41. The predicted octanol–water partition coefficient (Wildman–Crippen LogP) is 3.77. The maximum Gasteiger partial charge on any atom is 0.0728 e. The van der Waals surface area contributed by atoms with Crippen LogP contribution >= 0.6 is 15.9 Å². The number of rotatable bonds is 8. The minimum atomic E-state index is -0.616. The molecule has 1 fully saturated rings. The molecule has 0 spiro atoms. The fourth-order valence-electron chi connectivity index (χ4n) is 3.80. The van der Waals surface area contributed by atoms with E-state index in [0.717, 1.165) is 62.9 Å². The highest BCUT2D eigenvalue weighted by atomic mass is 79.9. The second-order valence-corrected chi connectivity index (χ2v) is 7.68. The van der Waals surface area contributed by atoms with E-state index in [1.807, 2.05) is 0 Å². The molecule has 2 N–H and O–H groups in total. The fraction of sp³-hybridized carbons (Fsp3) is 0.684. The van der Waals surface area contributed by atoms with Gasteiger partial charge >= 0.3 is 0 Å². The van der Waals surface area contributed by atoms with Gasteiger partial charge in [0.2, 0.25) is 0 Å². The van der Waals surface area contributed by atoms with Crippen LogP contribution in [0.5, 0.6) is 0 Å². The summed E-state index contributed by atoms with van der Waals surface area (Å²) < 4.78 is 1.09. The molecule has 1 heterocycles. The summed E-state index contributed by atoms with van der Waals surface area (Å²) >= 11 is 3.60. The molecule has 0 saturated carbocycles. The number of benzene rings is 1. The van der Waals surface area contributed by atoms with Crippen molar-refractivity contribution < 1.29 is 5.11 Å². The lowest BCUT2D eigenvalue weighted by atomic mass is 9.76. The van der Waals surface area contributed by atoms with E-state index in [1.165, 1.54) is 5.56 Å². The van der Waals surface area contributed by atoms with E-state index in [0.29, 0.717) is 0 Å². The van der Waals surface area contributed by atoms with Crippen LogP contribution in [0, 0.1) is 0 Å². The van der Waals surface area contributed by atoms with Gasteiger partial charge in [0.25, 0.3) is 0 Å². The molecule has 1 aliphatic heterocycles. The average molecular weight is 383 g/mol. The Morgan fingerprint density at radius 2 is 1.87 bits per heavy atom. The molecule has 0 bridgehead atoms. The second-order valence-electron chi connectivity index (χ2n) is 6.76. The summed E-state index contributed by atoms with van der Waals surface area (Å²) in [4.78, 5) is 2.50. The van der Waals surface area contributed by atoms with Crippen molar-refractivity contribution in [2.45, 2.75) is 51.0 Å². The summed E-state index contributed by atoms with van der Waals surface area (Å²) in [6.07, 6.45) is 3.76. The van der Waals surface area contributed by atoms with E-state index >= 15 is 0 Å².